The van der Waals surface area contributed by atoms with E-state index in [-0.39, 0.29) is 12.1 Å². The van der Waals surface area contributed by atoms with Crippen molar-refractivity contribution in [3.05, 3.63) is 47.7 Å². The summed E-state index contributed by atoms with van der Waals surface area (Å²) >= 11 is 0. The summed E-state index contributed by atoms with van der Waals surface area (Å²) in [7, 11) is 0. The highest BCUT2D eigenvalue weighted by atomic mass is 16.5. The molecule has 0 spiro atoms. The van der Waals surface area contributed by atoms with Gasteiger partial charge in [-0.25, -0.2) is 4.79 Å². The van der Waals surface area contributed by atoms with E-state index < -0.39 is 0 Å². The number of anilines is 1. The third-order valence-electron chi connectivity index (χ3n) is 4.26. The zero-order valence-corrected chi connectivity index (χ0v) is 14.0. The van der Waals surface area contributed by atoms with Gasteiger partial charge in [-0.15, -0.1) is 5.10 Å². The Bertz CT molecular complexity index is 705. The molecule has 3 rings (SSSR count). The molecule has 2 amide bonds. The van der Waals surface area contributed by atoms with Gasteiger partial charge in [-0.05, 0) is 56.0 Å². The first kappa shape index (κ1) is 16.2. The number of hydrogen-bond donors (Lipinski definition) is 1. The second kappa shape index (κ2) is 7.29. The highest BCUT2D eigenvalue weighted by molar-refractivity contribution is 5.89. The Hall–Kier alpha value is -2.63. The van der Waals surface area contributed by atoms with Gasteiger partial charge < -0.3 is 15.0 Å². The maximum absolute atomic E-state index is 12.5. The molecule has 1 saturated heterocycles. The van der Waals surface area contributed by atoms with Crippen LogP contribution in [0.25, 0.3) is 0 Å². The maximum atomic E-state index is 12.5. The summed E-state index contributed by atoms with van der Waals surface area (Å²) in [5.74, 6) is 0.499. The molecule has 1 fully saturated rings. The third-order valence-corrected chi connectivity index (χ3v) is 4.26. The summed E-state index contributed by atoms with van der Waals surface area (Å²) in [4.78, 5) is 14.3. The lowest BCUT2D eigenvalue weighted by Crippen LogP contribution is -2.46. The van der Waals surface area contributed by atoms with Crippen LogP contribution < -0.4 is 10.1 Å². The van der Waals surface area contributed by atoms with E-state index in [9.17, 15) is 4.79 Å². The van der Waals surface area contributed by atoms with Crippen LogP contribution in [0.3, 0.4) is 0 Å². The highest BCUT2D eigenvalue weighted by Crippen LogP contribution is 2.18. The van der Waals surface area contributed by atoms with Gasteiger partial charge in [0.1, 0.15) is 6.10 Å². The fourth-order valence-electron chi connectivity index (χ4n) is 2.76. The number of ether oxygens (including phenoxy) is 1. The monoisotopic (exact) mass is 326 g/mol. The van der Waals surface area contributed by atoms with Crippen molar-refractivity contribution in [2.24, 2.45) is 0 Å². The second-order valence-electron chi connectivity index (χ2n) is 6.12. The van der Waals surface area contributed by atoms with Crippen LogP contribution >= 0.6 is 0 Å². The largest absolute Gasteiger partial charge is 0.471 e. The number of aromatic nitrogens is 2. The molecule has 1 aliphatic heterocycles. The Morgan fingerprint density at radius 1 is 1.29 bits per heavy atom. The summed E-state index contributed by atoms with van der Waals surface area (Å²) in [6.07, 6.45) is 3.37. The first-order valence-electron chi connectivity index (χ1n) is 8.19. The smallest absolute Gasteiger partial charge is 0.321 e. The second-order valence-corrected chi connectivity index (χ2v) is 6.12. The lowest BCUT2D eigenvalue weighted by molar-refractivity contribution is 0.102. The van der Waals surface area contributed by atoms with Gasteiger partial charge in [0.25, 0.3) is 0 Å². The number of amides is 2. The highest BCUT2D eigenvalue weighted by Gasteiger charge is 2.25. The molecule has 1 aromatic carbocycles. The van der Waals surface area contributed by atoms with Crippen LogP contribution in [0.15, 0.2) is 36.5 Å². The minimum Gasteiger partial charge on any atom is -0.471 e. The van der Waals surface area contributed by atoms with Crippen molar-refractivity contribution in [2.45, 2.75) is 32.8 Å². The molecule has 6 heteroatoms. The van der Waals surface area contributed by atoms with Gasteiger partial charge in [-0.1, -0.05) is 6.07 Å². The molecular formula is C18H22N4O2. The SMILES string of the molecule is Cc1ccc(NC(=O)N2CCCC(Oc3cccnn3)C2)cc1C. The molecule has 2 heterocycles. The van der Waals surface area contributed by atoms with Crippen LogP contribution in [0, 0.1) is 13.8 Å². The van der Waals surface area contributed by atoms with E-state index in [1.165, 1.54) is 5.56 Å². The predicted molar refractivity (Wildman–Crippen MR) is 92.2 cm³/mol. The van der Waals surface area contributed by atoms with E-state index >= 15 is 0 Å². The fourth-order valence-corrected chi connectivity index (χ4v) is 2.76. The number of carbonyl (C=O) groups excluding carboxylic acids is 1. The van der Waals surface area contributed by atoms with Gasteiger partial charge in [0.15, 0.2) is 0 Å². The average molecular weight is 326 g/mol. The standard InChI is InChI=1S/C18H22N4O2/c1-13-7-8-15(11-14(13)2)20-18(23)22-10-4-5-16(12-22)24-17-6-3-9-19-21-17/h3,6-9,11,16H,4-5,10,12H2,1-2H3,(H,20,23). The van der Waals surface area contributed by atoms with Crippen molar-refractivity contribution in [1.82, 2.24) is 15.1 Å². The Morgan fingerprint density at radius 2 is 2.17 bits per heavy atom. The Kier molecular flexibility index (Phi) is 4.93. The molecule has 0 bridgehead atoms. The zero-order chi connectivity index (χ0) is 16.9. The number of urea groups is 1. The van der Waals surface area contributed by atoms with Gasteiger partial charge in [-0.2, -0.15) is 5.10 Å². The number of carbonyl (C=O) groups is 1. The van der Waals surface area contributed by atoms with Crippen LogP contribution in [0.5, 0.6) is 5.88 Å². The van der Waals surface area contributed by atoms with Crippen molar-refractivity contribution in [3.8, 4) is 5.88 Å². The van der Waals surface area contributed by atoms with Crippen LogP contribution in [-0.2, 0) is 0 Å². The summed E-state index contributed by atoms with van der Waals surface area (Å²) in [6, 6.07) is 9.41. The van der Waals surface area contributed by atoms with Crippen LogP contribution in [0.1, 0.15) is 24.0 Å². The average Bonchev–Trinajstić information content (AvgIpc) is 2.59. The molecule has 0 radical (unpaired) electrons. The van der Waals surface area contributed by atoms with Gasteiger partial charge in [0.2, 0.25) is 5.88 Å². The molecule has 1 N–H and O–H groups in total. The van der Waals surface area contributed by atoms with Gasteiger partial charge in [-0.3, -0.25) is 0 Å². The van der Waals surface area contributed by atoms with Crippen molar-refractivity contribution >= 4 is 11.7 Å². The van der Waals surface area contributed by atoms with Crippen molar-refractivity contribution in [1.29, 1.82) is 0 Å². The maximum Gasteiger partial charge on any atom is 0.321 e. The molecule has 2 aromatic rings. The lowest BCUT2D eigenvalue weighted by Gasteiger charge is -2.32. The lowest BCUT2D eigenvalue weighted by atomic mass is 10.1. The van der Waals surface area contributed by atoms with E-state index in [4.69, 9.17) is 4.74 Å². The predicted octanol–water partition coefficient (Wildman–Crippen LogP) is 3.17. The summed E-state index contributed by atoms with van der Waals surface area (Å²) in [5, 5.41) is 10.7. The van der Waals surface area contributed by atoms with Crippen LogP contribution in [-0.4, -0.2) is 40.3 Å². The topological polar surface area (TPSA) is 67.4 Å². The molecule has 1 unspecified atom stereocenters. The van der Waals surface area contributed by atoms with E-state index in [2.05, 4.69) is 22.4 Å². The number of nitrogens with one attached hydrogen (secondary N) is 1. The number of nitrogens with zero attached hydrogens (tertiary/aromatic N) is 3. The molecule has 0 aliphatic carbocycles. The third kappa shape index (κ3) is 4.01. The molecule has 6 nitrogen and oxygen atoms in total. The van der Waals surface area contributed by atoms with E-state index in [1.54, 1.807) is 23.2 Å². The quantitative estimate of drug-likeness (QED) is 0.941. The van der Waals surface area contributed by atoms with Gasteiger partial charge in [0.05, 0.1) is 6.54 Å². The molecule has 0 saturated carbocycles. The summed E-state index contributed by atoms with van der Waals surface area (Å²) in [6.45, 7) is 5.38. The van der Waals surface area contributed by atoms with Gasteiger partial charge >= 0.3 is 6.03 Å². The Labute approximate surface area is 141 Å². The normalized spacial score (nSPS) is 17.4. The number of likely N-dealkylation sites (tertiary alicyclic amines) is 1. The Balaban J connectivity index is 1.59. The zero-order valence-electron chi connectivity index (χ0n) is 14.0. The molecule has 24 heavy (non-hydrogen) atoms. The minimum atomic E-state index is -0.0919. The number of benzene rings is 1. The fraction of sp³-hybridized carbons (Fsp3) is 0.389. The first-order valence-corrected chi connectivity index (χ1v) is 8.19. The molecule has 1 aromatic heterocycles. The number of rotatable bonds is 3. The molecule has 1 aliphatic rings. The van der Waals surface area contributed by atoms with Crippen LogP contribution in [0.2, 0.25) is 0 Å². The van der Waals surface area contributed by atoms with E-state index in [1.807, 2.05) is 25.1 Å². The molecular weight excluding hydrogens is 304 g/mol. The first-order chi connectivity index (χ1) is 11.6. The van der Waals surface area contributed by atoms with Crippen molar-refractivity contribution < 1.29 is 9.53 Å². The number of hydrogen-bond acceptors (Lipinski definition) is 4. The van der Waals surface area contributed by atoms with E-state index in [0.717, 1.165) is 30.6 Å². The summed E-state index contributed by atoms with van der Waals surface area (Å²) in [5.41, 5.74) is 3.19. The van der Waals surface area contributed by atoms with Crippen molar-refractivity contribution in [2.75, 3.05) is 18.4 Å². The van der Waals surface area contributed by atoms with Gasteiger partial charge in [0, 0.05) is 24.5 Å². The number of aryl methyl sites for hydroxylation is 2. The molecule has 126 valence electrons. The summed E-state index contributed by atoms with van der Waals surface area (Å²) < 4.78 is 5.83. The number of piperidine rings is 1. The Morgan fingerprint density at radius 3 is 2.92 bits per heavy atom. The van der Waals surface area contributed by atoms with E-state index in [0.29, 0.717) is 12.4 Å². The van der Waals surface area contributed by atoms with Crippen molar-refractivity contribution in [3.63, 3.8) is 0 Å². The van der Waals surface area contributed by atoms with Crippen LogP contribution in [0.4, 0.5) is 10.5 Å². The molecule has 1 atom stereocenters. The minimum absolute atomic E-state index is 0.0547.